The first kappa shape index (κ1) is 14.9. The van der Waals surface area contributed by atoms with Crippen LogP contribution in [0.4, 0.5) is 5.82 Å². The Labute approximate surface area is 135 Å². The molecule has 6 heteroatoms. The van der Waals surface area contributed by atoms with Crippen molar-refractivity contribution in [3.8, 4) is 0 Å². The van der Waals surface area contributed by atoms with Gasteiger partial charge < -0.3 is 20.1 Å². The average molecular weight is 316 g/mol. The lowest BCUT2D eigenvalue weighted by Gasteiger charge is -2.44. The quantitative estimate of drug-likeness (QED) is 0.850. The summed E-state index contributed by atoms with van der Waals surface area (Å²) < 4.78 is 8.21. The third-order valence-electron chi connectivity index (χ3n) is 5.52. The summed E-state index contributed by atoms with van der Waals surface area (Å²) in [4.78, 5) is 8.48. The van der Waals surface area contributed by atoms with Crippen molar-refractivity contribution < 1.29 is 9.84 Å². The Bertz CT molecular complexity index is 730. The molecule has 0 saturated heterocycles. The van der Waals surface area contributed by atoms with Crippen LogP contribution in [0, 0.1) is 5.41 Å². The van der Waals surface area contributed by atoms with E-state index in [-0.39, 0.29) is 11.5 Å². The Balaban J connectivity index is 1.66. The Hall–Kier alpha value is -1.66. The van der Waals surface area contributed by atoms with Crippen LogP contribution < -0.4 is 5.73 Å². The van der Waals surface area contributed by atoms with E-state index in [0.717, 1.165) is 23.9 Å². The highest BCUT2D eigenvalue weighted by atomic mass is 16.6. The van der Waals surface area contributed by atoms with Crippen LogP contribution in [0.5, 0.6) is 0 Å². The third-order valence-corrected chi connectivity index (χ3v) is 5.52. The molecule has 23 heavy (non-hydrogen) atoms. The second-order valence-corrected chi connectivity index (χ2v) is 7.58. The lowest BCUT2D eigenvalue weighted by molar-refractivity contribution is -0.234. The maximum Gasteiger partial charge on any atom is 0.160 e. The Morgan fingerprint density at radius 1 is 1.39 bits per heavy atom. The number of nitrogens with two attached hydrogens (primary N) is 1. The van der Waals surface area contributed by atoms with Gasteiger partial charge in [-0.15, -0.1) is 0 Å². The van der Waals surface area contributed by atoms with Gasteiger partial charge in [0.05, 0.1) is 11.5 Å². The largest absolute Gasteiger partial charge is 0.383 e. The fourth-order valence-electron chi connectivity index (χ4n) is 4.36. The smallest absolute Gasteiger partial charge is 0.160 e. The predicted octanol–water partition coefficient (Wildman–Crippen LogP) is 2.63. The molecule has 0 radical (unpaired) electrons. The van der Waals surface area contributed by atoms with Crippen LogP contribution >= 0.6 is 0 Å². The number of nitrogens with zero attached hydrogens (tertiary/aromatic N) is 3. The summed E-state index contributed by atoms with van der Waals surface area (Å²) in [5, 5.41) is 11.0. The molecule has 2 atom stereocenters. The highest BCUT2D eigenvalue weighted by Gasteiger charge is 2.53. The van der Waals surface area contributed by atoms with Crippen molar-refractivity contribution in [2.24, 2.45) is 5.41 Å². The Morgan fingerprint density at radius 2 is 2.17 bits per heavy atom. The second kappa shape index (κ2) is 4.92. The maximum atomic E-state index is 10.1. The lowest BCUT2D eigenvalue weighted by Crippen LogP contribution is -2.43. The molecule has 2 aromatic rings. The van der Waals surface area contributed by atoms with Gasteiger partial charge in [-0.05, 0) is 51.0 Å². The van der Waals surface area contributed by atoms with E-state index in [2.05, 4.69) is 20.7 Å². The average Bonchev–Trinajstić information content (AvgIpc) is 2.98. The second-order valence-electron chi connectivity index (χ2n) is 7.58. The van der Waals surface area contributed by atoms with Gasteiger partial charge in [-0.3, -0.25) is 0 Å². The molecule has 2 heterocycles. The van der Waals surface area contributed by atoms with E-state index in [4.69, 9.17) is 10.5 Å². The number of ether oxygens (including phenoxy) is 1. The van der Waals surface area contributed by atoms with Gasteiger partial charge in [-0.2, -0.15) is 0 Å². The van der Waals surface area contributed by atoms with Gasteiger partial charge >= 0.3 is 0 Å². The number of anilines is 1. The van der Waals surface area contributed by atoms with E-state index in [0.29, 0.717) is 11.9 Å². The zero-order valence-corrected chi connectivity index (χ0v) is 13.7. The summed E-state index contributed by atoms with van der Waals surface area (Å²) in [6.07, 6.45) is 9.25. The van der Waals surface area contributed by atoms with Gasteiger partial charge in [0, 0.05) is 12.2 Å². The number of aromatic nitrogens is 3. The van der Waals surface area contributed by atoms with Crippen molar-refractivity contribution in [3.63, 3.8) is 0 Å². The van der Waals surface area contributed by atoms with Crippen molar-refractivity contribution in [2.45, 2.75) is 63.9 Å². The number of aliphatic hydroxyl groups is 1. The molecule has 0 unspecified atom stereocenters. The van der Waals surface area contributed by atoms with Crippen LogP contribution in [0.2, 0.25) is 0 Å². The number of fused-ring (bicyclic) bond motifs is 1. The number of nitrogen functional groups attached to an aromatic ring is 1. The molecule has 1 spiro atoms. The zero-order chi connectivity index (χ0) is 16.2. The Kier molecular flexibility index (Phi) is 3.19. The molecular weight excluding hydrogens is 292 g/mol. The molecule has 2 aliphatic carbocycles. The summed E-state index contributed by atoms with van der Waals surface area (Å²) in [5.74, 6) is -0.567. The zero-order valence-electron chi connectivity index (χ0n) is 13.7. The number of rotatable bonds is 3. The minimum absolute atomic E-state index is 0.0953. The highest BCUT2D eigenvalue weighted by Crippen LogP contribution is 2.58. The molecule has 3 N–H and O–H groups in total. The molecule has 124 valence electrons. The Morgan fingerprint density at radius 3 is 2.83 bits per heavy atom. The molecule has 4 rings (SSSR count). The summed E-state index contributed by atoms with van der Waals surface area (Å²) in [6.45, 7) is 3.43. The lowest BCUT2D eigenvalue weighted by atomic mass is 9.66. The molecule has 0 bridgehead atoms. The predicted molar refractivity (Wildman–Crippen MR) is 87.7 cm³/mol. The van der Waals surface area contributed by atoms with E-state index in [1.165, 1.54) is 25.6 Å². The van der Waals surface area contributed by atoms with Crippen molar-refractivity contribution in [2.75, 3.05) is 5.73 Å². The molecular formula is C17H24N4O2. The van der Waals surface area contributed by atoms with E-state index >= 15 is 0 Å². The van der Waals surface area contributed by atoms with Crippen LogP contribution in [-0.2, 0) is 4.74 Å². The SMILES string of the molecule is CC(C)(O)O[C@H]1C[C@H](n2ccc3c(N)ncnc32)CC12CCC2. The van der Waals surface area contributed by atoms with Gasteiger partial charge in [-0.25, -0.2) is 9.97 Å². The minimum atomic E-state index is -1.09. The monoisotopic (exact) mass is 316 g/mol. The van der Waals surface area contributed by atoms with Gasteiger partial charge in [0.25, 0.3) is 0 Å². The van der Waals surface area contributed by atoms with Crippen molar-refractivity contribution in [1.29, 1.82) is 0 Å². The van der Waals surface area contributed by atoms with Crippen LogP contribution in [-0.4, -0.2) is 31.5 Å². The summed E-state index contributed by atoms with van der Waals surface area (Å²) in [7, 11) is 0. The molecule has 0 amide bonds. The molecule has 0 aliphatic heterocycles. The third kappa shape index (κ3) is 2.40. The normalized spacial score (nSPS) is 26.7. The van der Waals surface area contributed by atoms with E-state index < -0.39 is 5.79 Å². The number of hydrogen-bond acceptors (Lipinski definition) is 5. The van der Waals surface area contributed by atoms with Gasteiger partial charge in [0.15, 0.2) is 5.79 Å². The van der Waals surface area contributed by atoms with Crippen LogP contribution in [0.3, 0.4) is 0 Å². The molecule has 2 fully saturated rings. The topological polar surface area (TPSA) is 86.2 Å². The summed E-state index contributed by atoms with van der Waals surface area (Å²) in [5.41, 5.74) is 7.05. The van der Waals surface area contributed by atoms with Crippen LogP contribution in [0.1, 0.15) is 52.0 Å². The summed E-state index contributed by atoms with van der Waals surface area (Å²) in [6, 6.07) is 2.32. The molecule has 2 aliphatic rings. The van der Waals surface area contributed by atoms with Crippen molar-refractivity contribution >= 4 is 16.9 Å². The van der Waals surface area contributed by atoms with E-state index in [1.807, 2.05) is 6.07 Å². The van der Waals surface area contributed by atoms with Gasteiger partial charge in [-0.1, -0.05) is 6.42 Å². The highest BCUT2D eigenvalue weighted by molar-refractivity contribution is 5.86. The first-order valence-corrected chi connectivity index (χ1v) is 8.35. The first-order valence-electron chi connectivity index (χ1n) is 8.35. The van der Waals surface area contributed by atoms with E-state index in [9.17, 15) is 5.11 Å². The van der Waals surface area contributed by atoms with Crippen LogP contribution in [0.15, 0.2) is 18.6 Å². The molecule has 6 nitrogen and oxygen atoms in total. The van der Waals surface area contributed by atoms with Gasteiger partial charge in [0.1, 0.15) is 17.8 Å². The van der Waals surface area contributed by atoms with Gasteiger partial charge in [0.2, 0.25) is 0 Å². The molecule has 2 saturated carbocycles. The van der Waals surface area contributed by atoms with Crippen LogP contribution in [0.25, 0.3) is 11.0 Å². The van der Waals surface area contributed by atoms with Crippen molar-refractivity contribution in [3.05, 3.63) is 18.6 Å². The molecule has 0 aromatic carbocycles. The fraction of sp³-hybridized carbons (Fsp3) is 0.647. The standard InChI is InChI=1S/C17H24N4O2/c1-16(2,22)23-13-8-11(9-17(13)5-3-6-17)21-7-4-12-14(18)19-10-20-15(12)21/h4,7,10-11,13,22H,3,5-6,8-9H2,1-2H3,(H2,18,19,20)/t11-,13-/m0/s1. The van der Waals surface area contributed by atoms with E-state index in [1.54, 1.807) is 13.8 Å². The fourth-order valence-corrected chi connectivity index (χ4v) is 4.36. The van der Waals surface area contributed by atoms with Crippen molar-refractivity contribution in [1.82, 2.24) is 14.5 Å². The summed E-state index contributed by atoms with van der Waals surface area (Å²) >= 11 is 0. The minimum Gasteiger partial charge on any atom is -0.383 e. The maximum absolute atomic E-state index is 10.1. The first-order chi connectivity index (χ1) is 10.9. The number of hydrogen-bond donors (Lipinski definition) is 2. The molecule has 2 aromatic heterocycles.